The number of halogens is 2. The number of hydrogen-bond acceptors (Lipinski definition) is 1. The van der Waals surface area contributed by atoms with Crippen molar-refractivity contribution in [1.82, 2.24) is 4.98 Å². The molecule has 0 fully saturated rings. The number of H-pyrrole nitrogens is 1. The average molecular weight is 290 g/mol. The van der Waals surface area contributed by atoms with Crippen LogP contribution < -0.4 is 5.56 Å². The van der Waals surface area contributed by atoms with Crippen LogP contribution in [0.1, 0.15) is 0 Å². The first-order valence-electron chi connectivity index (χ1n) is 5.72. The monoisotopic (exact) mass is 289 g/mol. The molecule has 0 unspecified atom stereocenters. The second-order valence-electron chi connectivity index (χ2n) is 4.22. The number of rotatable bonds is 1. The van der Waals surface area contributed by atoms with Crippen molar-refractivity contribution in [2.24, 2.45) is 0 Å². The van der Waals surface area contributed by atoms with Gasteiger partial charge >= 0.3 is 0 Å². The van der Waals surface area contributed by atoms with E-state index in [0.717, 1.165) is 22.0 Å². The van der Waals surface area contributed by atoms with Crippen molar-refractivity contribution in [3.63, 3.8) is 0 Å². The third-order valence-corrected chi connectivity index (χ3v) is 3.65. The van der Waals surface area contributed by atoms with Gasteiger partial charge in [-0.2, -0.15) is 0 Å². The molecule has 3 aromatic rings. The van der Waals surface area contributed by atoms with Crippen molar-refractivity contribution in [2.75, 3.05) is 0 Å². The Kier molecular flexibility index (Phi) is 3.05. The zero-order chi connectivity index (χ0) is 13.4. The zero-order valence-electron chi connectivity index (χ0n) is 9.78. The van der Waals surface area contributed by atoms with E-state index in [4.69, 9.17) is 23.2 Å². The van der Waals surface area contributed by atoms with Gasteiger partial charge in [0.15, 0.2) is 0 Å². The standard InChI is InChI=1S/C15H9Cl2NO/c16-10-3-1-9(2-4-10)11-5-7-13-12(15(11)17)6-8-14(19)18-13/h1-8H,(H,18,19). The molecule has 0 spiro atoms. The van der Waals surface area contributed by atoms with Gasteiger partial charge in [0.2, 0.25) is 5.56 Å². The average Bonchev–Trinajstić information content (AvgIpc) is 2.40. The highest BCUT2D eigenvalue weighted by molar-refractivity contribution is 6.38. The number of aromatic nitrogens is 1. The lowest BCUT2D eigenvalue weighted by Crippen LogP contribution is -2.02. The number of aromatic amines is 1. The quantitative estimate of drug-likeness (QED) is 0.703. The fraction of sp³-hybridized carbons (Fsp3) is 0. The summed E-state index contributed by atoms with van der Waals surface area (Å²) in [5.41, 5.74) is 2.50. The largest absolute Gasteiger partial charge is 0.322 e. The SMILES string of the molecule is O=c1ccc2c(Cl)c(-c3ccc(Cl)cc3)ccc2[nH]1. The van der Waals surface area contributed by atoms with E-state index in [1.165, 1.54) is 6.07 Å². The van der Waals surface area contributed by atoms with E-state index >= 15 is 0 Å². The van der Waals surface area contributed by atoms with Gasteiger partial charge < -0.3 is 4.98 Å². The number of hydrogen-bond donors (Lipinski definition) is 1. The Hall–Kier alpha value is -1.77. The molecule has 0 saturated carbocycles. The van der Waals surface area contributed by atoms with Crippen molar-refractivity contribution in [3.8, 4) is 11.1 Å². The summed E-state index contributed by atoms with van der Waals surface area (Å²) in [6.45, 7) is 0. The highest BCUT2D eigenvalue weighted by Gasteiger charge is 2.08. The summed E-state index contributed by atoms with van der Waals surface area (Å²) in [5, 5.41) is 2.13. The van der Waals surface area contributed by atoms with E-state index < -0.39 is 0 Å². The van der Waals surface area contributed by atoms with Gasteiger partial charge in [0.1, 0.15) is 0 Å². The van der Waals surface area contributed by atoms with Crippen LogP contribution in [-0.2, 0) is 0 Å². The molecule has 2 nitrogen and oxygen atoms in total. The molecule has 1 aromatic heterocycles. The normalized spacial score (nSPS) is 10.8. The minimum absolute atomic E-state index is 0.136. The van der Waals surface area contributed by atoms with Gasteiger partial charge in [0.25, 0.3) is 0 Å². The van der Waals surface area contributed by atoms with Crippen LogP contribution in [0, 0.1) is 0 Å². The van der Waals surface area contributed by atoms with Gasteiger partial charge in [0.05, 0.1) is 5.02 Å². The van der Waals surface area contributed by atoms with Crippen molar-refractivity contribution in [3.05, 3.63) is 68.9 Å². The molecule has 0 radical (unpaired) electrons. The number of nitrogens with one attached hydrogen (secondary N) is 1. The molecule has 0 bridgehead atoms. The molecule has 4 heteroatoms. The Morgan fingerprint density at radius 3 is 2.32 bits per heavy atom. The van der Waals surface area contributed by atoms with E-state index in [9.17, 15) is 4.79 Å². The molecule has 1 heterocycles. The van der Waals surface area contributed by atoms with Crippen LogP contribution in [0.5, 0.6) is 0 Å². The molecule has 0 saturated heterocycles. The van der Waals surface area contributed by atoms with Crippen LogP contribution in [0.15, 0.2) is 53.3 Å². The number of fused-ring (bicyclic) bond motifs is 1. The van der Waals surface area contributed by atoms with Crippen LogP contribution in [0.2, 0.25) is 10.0 Å². The lowest BCUT2D eigenvalue weighted by molar-refractivity contribution is 1.31. The van der Waals surface area contributed by atoms with Crippen LogP contribution in [0.4, 0.5) is 0 Å². The summed E-state index contributed by atoms with van der Waals surface area (Å²) in [5.74, 6) is 0. The lowest BCUT2D eigenvalue weighted by atomic mass is 10.0. The molecule has 0 aliphatic carbocycles. The van der Waals surface area contributed by atoms with Crippen molar-refractivity contribution in [2.45, 2.75) is 0 Å². The van der Waals surface area contributed by atoms with Crippen molar-refractivity contribution >= 4 is 34.1 Å². The summed E-state index contributed by atoms with van der Waals surface area (Å²) in [6.07, 6.45) is 0. The summed E-state index contributed by atoms with van der Waals surface area (Å²) in [4.78, 5) is 14.0. The highest BCUT2D eigenvalue weighted by atomic mass is 35.5. The predicted molar refractivity (Wildman–Crippen MR) is 80.0 cm³/mol. The van der Waals surface area contributed by atoms with Gasteiger partial charge in [0, 0.05) is 27.6 Å². The summed E-state index contributed by atoms with van der Waals surface area (Å²) >= 11 is 12.3. The first-order valence-corrected chi connectivity index (χ1v) is 6.48. The van der Waals surface area contributed by atoms with Crippen molar-refractivity contribution in [1.29, 1.82) is 0 Å². The maximum Gasteiger partial charge on any atom is 0.248 e. The van der Waals surface area contributed by atoms with Crippen LogP contribution in [0.3, 0.4) is 0 Å². The Morgan fingerprint density at radius 2 is 1.58 bits per heavy atom. The Bertz CT molecular complexity index is 806. The highest BCUT2D eigenvalue weighted by Crippen LogP contribution is 2.33. The minimum atomic E-state index is -0.136. The van der Waals surface area contributed by atoms with Gasteiger partial charge in [-0.25, -0.2) is 0 Å². The second kappa shape index (κ2) is 4.72. The molecule has 0 aliphatic rings. The zero-order valence-corrected chi connectivity index (χ0v) is 11.3. The Labute approximate surface area is 119 Å². The van der Waals surface area contributed by atoms with E-state index in [-0.39, 0.29) is 5.56 Å². The molecule has 3 rings (SSSR count). The number of benzene rings is 2. The van der Waals surface area contributed by atoms with E-state index in [1.807, 2.05) is 36.4 Å². The topological polar surface area (TPSA) is 32.9 Å². The van der Waals surface area contributed by atoms with E-state index in [2.05, 4.69) is 4.98 Å². The third kappa shape index (κ3) is 2.25. The van der Waals surface area contributed by atoms with Gasteiger partial charge in [-0.05, 0) is 29.8 Å². The number of pyridine rings is 1. The Balaban J connectivity index is 2.25. The molecule has 1 N–H and O–H groups in total. The van der Waals surface area contributed by atoms with Crippen molar-refractivity contribution < 1.29 is 0 Å². The van der Waals surface area contributed by atoms with Gasteiger partial charge in [-0.3, -0.25) is 4.79 Å². The van der Waals surface area contributed by atoms with Gasteiger partial charge in [-0.15, -0.1) is 0 Å². The molecule has 0 atom stereocenters. The lowest BCUT2D eigenvalue weighted by Gasteiger charge is -2.08. The van der Waals surface area contributed by atoms with E-state index in [0.29, 0.717) is 10.0 Å². The van der Waals surface area contributed by atoms with E-state index in [1.54, 1.807) is 6.07 Å². The molecule has 19 heavy (non-hydrogen) atoms. The maximum atomic E-state index is 11.3. The fourth-order valence-electron chi connectivity index (χ4n) is 2.05. The fourth-order valence-corrected chi connectivity index (χ4v) is 2.51. The first-order chi connectivity index (χ1) is 9.15. The molecular formula is C15H9Cl2NO. The van der Waals surface area contributed by atoms with Crippen LogP contribution in [-0.4, -0.2) is 4.98 Å². The molecule has 0 aliphatic heterocycles. The summed E-state index contributed by atoms with van der Waals surface area (Å²) in [6, 6.07) is 14.4. The third-order valence-electron chi connectivity index (χ3n) is 2.99. The molecular weight excluding hydrogens is 281 g/mol. The minimum Gasteiger partial charge on any atom is -0.322 e. The molecule has 2 aromatic carbocycles. The summed E-state index contributed by atoms with van der Waals surface area (Å²) < 4.78 is 0. The molecule has 94 valence electrons. The molecule has 0 amide bonds. The van der Waals surface area contributed by atoms with Crippen LogP contribution >= 0.6 is 23.2 Å². The smallest absolute Gasteiger partial charge is 0.248 e. The second-order valence-corrected chi connectivity index (χ2v) is 5.03. The Morgan fingerprint density at radius 1 is 0.842 bits per heavy atom. The first kappa shape index (κ1) is 12.3. The summed E-state index contributed by atoms with van der Waals surface area (Å²) in [7, 11) is 0. The predicted octanol–water partition coefficient (Wildman–Crippen LogP) is 4.50. The van der Waals surface area contributed by atoms with Gasteiger partial charge in [-0.1, -0.05) is 41.4 Å². The van der Waals surface area contributed by atoms with Crippen LogP contribution in [0.25, 0.3) is 22.0 Å². The maximum absolute atomic E-state index is 11.3.